The van der Waals surface area contributed by atoms with Crippen LogP contribution < -0.4 is 4.90 Å². The maximum Gasteiger partial charge on any atom is 0.246 e. The van der Waals surface area contributed by atoms with Crippen LogP contribution in [0.5, 0.6) is 0 Å². The molecule has 2 aliphatic rings. The zero-order chi connectivity index (χ0) is 24.0. The summed E-state index contributed by atoms with van der Waals surface area (Å²) in [6, 6.07) is 14.9. The van der Waals surface area contributed by atoms with Gasteiger partial charge in [0.05, 0.1) is 18.1 Å². The topological polar surface area (TPSA) is 70.2 Å². The maximum atomic E-state index is 12.8. The molecule has 0 aliphatic carbocycles. The lowest BCUT2D eigenvalue weighted by molar-refractivity contribution is -0.125. The normalized spacial score (nSPS) is 17.7. The van der Waals surface area contributed by atoms with Crippen molar-refractivity contribution in [3.05, 3.63) is 65.7 Å². The van der Waals surface area contributed by atoms with E-state index in [1.807, 2.05) is 6.07 Å². The Morgan fingerprint density at radius 2 is 1.65 bits per heavy atom. The van der Waals surface area contributed by atoms with Crippen molar-refractivity contribution >= 4 is 27.7 Å². The Bertz CT molecular complexity index is 1100. The molecule has 0 bridgehead atoms. The lowest BCUT2D eigenvalue weighted by Crippen LogP contribution is -2.40. The van der Waals surface area contributed by atoms with Crippen LogP contribution in [0.3, 0.4) is 0 Å². The van der Waals surface area contributed by atoms with Gasteiger partial charge in [-0.3, -0.25) is 4.79 Å². The number of morpholine rings is 1. The average Bonchev–Trinajstić information content (AvgIpc) is 2.89. The predicted octanol–water partition coefficient (Wildman–Crippen LogP) is 3.37. The number of likely N-dealkylation sites (N-methyl/N-ethyl adjacent to an activating group) is 1. The highest BCUT2D eigenvalue weighted by Crippen LogP contribution is 2.25. The number of carbonyl (C=O) groups excluding carboxylic acids is 1. The van der Waals surface area contributed by atoms with Gasteiger partial charge in [0, 0.05) is 51.5 Å². The van der Waals surface area contributed by atoms with Gasteiger partial charge in [-0.15, -0.1) is 0 Å². The lowest BCUT2D eigenvalue weighted by Gasteiger charge is -2.31. The predicted molar refractivity (Wildman–Crippen MR) is 134 cm³/mol. The number of anilines is 1. The second-order valence-corrected chi connectivity index (χ2v) is 10.7. The largest absolute Gasteiger partial charge is 0.379 e. The van der Waals surface area contributed by atoms with E-state index < -0.39 is 10.0 Å². The second kappa shape index (κ2) is 11.2. The van der Waals surface area contributed by atoms with Crippen LogP contribution in [-0.2, 0) is 26.1 Å². The van der Waals surface area contributed by atoms with Crippen molar-refractivity contribution in [3.8, 4) is 0 Å². The third-order valence-electron chi connectivity index (χ3n) is 6.38. The number of nitrogens with zero attached hydrogens (tertiary/aromatic N) is 3. The first-order valence-corrected chi connectivity index (χ1v) is 13.3. The Balaban J connectivity index is 1.38. The van der Waals surface area contributed by atoms with Gasteiger partial charge in [-0.1, -0.05) is 30.3 Å². The van der Waals surface area contributed by atoms with Crippen LogP contribution >= 0.6 is 0 Å². The number of para-hydroxylation sites is 1. The molecule has 0 saturated carbocycles. The van der Waals surface area contributed by atoms with E-state index in [1.165, 1.54) is 35.3 Å². The van der Waals surface area contributed by atoms with E-state index in [1.54, 1.807) is 42.3 Å². The monoisotopic (exact) mass is 483 g/mol. The summed E-state index contributed by atoms with van der Waals surface area (Å²) >= 11 is 0. The van der Waals surface area contributed by atoms with E-state index >= 15 is 0 Å². The molecule has 0 N–H and O–H groups in total. The zero-order valence-electron chi connectivity index (χ0n) is 19.7. The highest BCUT2D eigenvalue weighted by molar-refractivity contribution is 7.89. The summed E-state index contributed by atoms with van der Waals surface area (Å²) in [7, 11) is -1.72. The molecule has 1 amide bonds. The molecule has 2 aliphatic heterocycles. The first-order chi connectivity index (χ1) is 16.4. The van der Waals surface area contributed by atoms with Crippen LogP contribution in [0.4, 0.5) is 5.69 Å². The quantitative estimate of drug-likeness (QED) is 0.565. The van der Waals surface area contributed by atoms with Crippen LogP contribution in [0, 0.1) is 0 Å². The molecule has 2 aromatic rings. The van der Waals surface area contributed by atoms with Crippen molar-refractivity contribution in [2.45, 2.75) is 30.7 Å². The molecule has 0 spiro atoms. The number of ether oxygens (including phenoxy) is 1. The Labute approximate surface area is 202 Å². The minimum Gasteiger partial charge on any atom is -0.379 e. The minimum absolute atomic E-state index is 0.0986. The van der Waals surface area contributed by atoms with Crippen molar-refractivity contribution in [2.75, 3.05) is 51.3 Å². The van der Waals surface area contributed by atoms with Gasteiger partial charge in [0.25, 0.3) is 0 Å². The van der Waals surface area contributed by atoms with Crippen LogP contribution in [0.25, 0.3) is 6.08 Å². The van der Waals surface area contributed by atoms with Crippen molar-refractivity contribution in [1.82, 2.24) is 9.21 Å². The molecule has 0 radical (unpaired) electrons. The fraction of sp³-hybridized carbons (Fsp3) is 0.423. The van der Waals surface area contributed by atoms with Gasteiger partial charge in [0.2, 0.25) is 15.9 Å². The third-order valence-corrected chi connectivity index (χ3v) is 8.29. The Morgan fingerprint density at radius 3 is 2.35 bits per heavy atom. The van der Waals surface area contributed by atoms with Crippen LogP contribution in [0.2, 0.25) is 0 Å². The van der Waals surface area contributed by atoms with Gasteiger partial charge in [0.15, 0.2) is 0 Å². The third kappa shape index (κ3) is 5.87. The van der Waals surface area contributed by atoms with E-state index in [2.05, 4.69) is 23.1 Å². The van der Waals surface area contributed by atoms with Gasteiger partial charge in [-0.05, 0) is 54.7 Å². The first-order valence-electron chi connectivity index (χ1n) is 11.9. The molecule has 4 rings (SSSR count). The molecule has 0 unspecified atom stereocenters. The number of hydrogen-bond acceptors (Lipinski definition) is 5. The van der Waals surface area contributed by atoms with Gasteiger partial charge >= 0.3 is 0 Å². The summed E-state index contributed by atoms with van der Waals surface area (Å²) in [4.78, 5) is 17.1. The second-order valence-electron chi connectivity index (χ2n) is 8.79. The summed E-state index contributed by atoms with van der Waals surface area (Å²) in [6.45, 7) is 4.22. The van der Waals surface area contributed by atoms with Gasteiger partial charge in [-0.2, -0.15) is 4.31 Å². The molecule has 0 atom stereocenters. The van der Waals surface area contributed by atoms with Crippen molar-refractivity contribution in [3.63, 3.8) is 0 Å². The number of amides is 1. The van der Waals surface area contributed by atoms with E-state index in [-0.39, 0.29) is 10.8 Å². The maximum absolute atomic E-state index is 12.8. The fourth-order valence-electron chi connectivity index (χ4n) is 4.40. The molecule has 2 fully saturated rings. The highest BCUT2D eigenvalue weighted by atomic mass is 32.2. The van der Waals surface area contributed by atoms with E-state index in [0.717, 1.165) is 24.2 Å². The van der Waals surface area contributed by atoms with Gasteiger partial charge in [0.1, 0.15) is 0 Å². The number of hydrogen-bond donors (Lipinski definition) is 0. The van der Waals surface area contributed by atoms with Gasteiger partial charge in [-0.25, -0.2) is 8.42 Å². The Hall–Kier alpha value is -2.68. The van der Waals surface area contributed by atoms with Crippen molar-refractivity contribution < 1.29 is 17.9 Å². The van der Waals surface area contributed by atoms with Crippen LogP contribution in [0.15, 0.2) is 59.5 Å². The highest BCUT2D eigenvalue weighted by Gasteiger charge is 2.26. The molecule has 7 nitrogen and oxygen atoms in total. The molecule has 0 aromatic heterocycles. The number of sulfonamides is 1. The molecular formula is C26H33N3O4S. The summed E-state index contributed by atoms with van der Waals surface area (Å²) in [5.74, 6) is -0.0986. The van der Waals surface area contributed by atoms with Gasteiger partial charge < -0.3 is 14.5 Å². The molecule has 8 heteroatoms. The standard InChI is InChI=1S/C26H33N3O4S/c1-27(21-23-7-3-4-8-25(23)28-15-5-2-6-16-28)26(30)14-11-22-9-12-24(13-10-22)34(31,32)29-17-19-33-20-18-29/h3-4,7-14H,2,5-6,15-21H2,1H3/b14-11+. The fourth-order valence-corrected chi connectivity index (χ4v) is 5.81. The lowest BCUT2D eigenvalue weighted by atomic mass is 10.1. The van der Waals surface area contributed by atoms with Crippen LogP contribution in [-0.4, -0.2) is 70.0 Å². The van der Waals surface area contributed by atoms with Crippen molar-refractivity contribution in [1.29, 1.82) is 0 Å². The number of piperidine rings is 1. The summed E-state index contributed by atoms with van der Waals surface area (Å²) in [6.07, 6.45) is 6.95. The number of carbonyl (C=O) groups is 1. The number of rotatable bonds is 7. The van der Waals surface area contributed by atoms with E-state index in [4.69, 9.17) is 4.74 Å². The van der Waals surface area contributed by atoms with Crippen molar-refractivity contribution in [2.24, 2.45) is 0 Å². The molecule has 2 heterocycles. The minimum atomic E-state index is -3.52. The Kier molecular flexibility index (Phi) is 8.03. The summed E-state index contributed by atoms with van der Waals surface area (Å²) < 4.78 is 32.2. The van der Waals surface area contributed by atoms with E-state index in [9.17, 15) is 13.2 Å². The smallest absolute Gasteiger partial charge is 0.246 e. The SMILES string of the molecule is CN(Cc1ccccc1N1CCCCC1)C(=O)/C=C/c1ccc(S(=O)(=O)N2CCOCC2)cc1. The first kappa shape index (κ1) is 24.4. The molecule has 2 aromatic carbocycles. The number of benzene rings is 2. The summed E-state index contributed by atoms with van der Waals surface area (Å²) in [5, 5.41) is 0. The van der Waals surface area contributed by atoms with E-state index in [0.29, 0.717) is 32.8 Å². The molecule has 2 saturated heterocycles. The van der Waals surface area contributed by atoms with Crippen LogP contribution in [0.1, 0.15) is 30.4 Å². The Morgan fingerprint density at radius 1 is 0.971 bits per heavy atom. The molecule has 182 valence electrons. The zero-order valence-corrected chi connectivity index (χ0v) is 20.5. The average molecular weight is 484 g/mol. The summed E-state index contributed by atoms with van der Waals surface area (Å²) in [5.41, 5.74) is 3.13. The molecule has 34 heavy (non-hydrogen) atoms. The molecular weight excluding hydrogens is 450 g/mol.